The van der Waals surface area contributed by atoms with Crippen molar-refractivity contribution in [2.24, 2.45) is 0 Å². The molecule has 1 heterocycles. The molecule has 0 radical (unpaired) electrons. The van der Waals surface area contributed by atoms with Gasteiger partial charge in [0.2, 0.25) is 6.20 Å². The van der Waals surface area contributed by atoms with Crippen molar-refractivity contribution < 1.29 is 19.0 Å². The van der Waals surface area contributed by atoms with Crippen LogP contribution in [0.25, 0.3) is 5.69 Å². The average molecular weight is 292 g/mol. The van der Waals surface area contributed by atoms with Crippen LogP contribution >= 0.6 is 0 Å². The quantitative estimate of drug-likeness (QED) is 0.529. The van der Waals surface area contributed by atoms with Crippen molar-refractivity contribution in [1.29, 1.82) is 0 Å². The van der Waals surface area contributed by atoms with Gasteiger partial charge >= 0.3 is 0 Å². The molecule has 0 aliphatic heterocycles. The second-order valence-electron chi connectivity index (χ2n) is 4.46. The Hall–Kier alpha value is -3.26. The lowest BCUT2D eigenvalue weighted by Gasteiger charge is -1.97. The first kappa shape index (κ1) is 13.7. The zero-order valence-electron chi connectivity index (χ0n) is 11.8. The summed E-state index contributed by atoms with van der Waals surface area (Å²) >= 11 is 0. The van der Waals surface area contributed by atoms with Crippen LogP contribution in [0, 0.1) is 11.8 Å². The molecule has 0 aliphatic carbocycles. The molecular formula is C17H12N2O3. The predicted octanol–water partition coefficient (Wildman–Crippen LogP) is 1.43. The topological polar surface area (TPSA) is 62.2 Å². The van der Waals surface area contributed by atoms with Crippen LogP contribution in [0.5, 0.6) is 11.7 Å². The summed E-state index contributed by atoms with van der Waals surface area (Å²) in [6.45, 7) is 0. The highest BCUT2D eigenvalue weighted by atomic mass is 16.6. The van der Waals surface area contributed by atoms with Gasteiger partial charge in [-0.2, -0.15) is 0 Å². The van der Waals surface area contributed by atoms with Gasteiger partial charge in [-0.1, -0.05) is 24.0 Å². The molecule has 5 nitrogen and oxygen atoms in total. The monoisotopic (exact) mass is 292 g/mol. The summed E-state index contributed by atoms with van der Waals surface area (Å²) in [6, 6.07) is 14.9. The van der Waals surface area contributed by atoms with Crippen molar-refractivity contribution in [3.8, 4) is 29.2 Å². The summed E-state index contributed by atoms with van der Waals surface area (Å²) < 4.78 is 11.0. The van der Waals surface area contributed by atoms with Crippen molar-refractivity contribution >= 4 is 0 Å². The van der Waals surface area contributed by atoms with Crippen LogP contribution in [0.3, 0.4) is 0 Å². The maximum Gasteiger partial charge on any atom is 0.254 e. The van der Waals surface area contributed by atoms with Gasteiger partial charge in [-0.15, -0.1) is 0 Å². The number of nitrogens with zero attached hydrogens (tertiary/aromatic N) is 2. The molecular weight excluding hydrogens is 280 g/mol. The van der Waals surface area contributed by atoms with Gasteiger partial charge in [0, 0.05) is 11.6 Å². The minimum atomic E-state index is -0.502. The Kier molecular flexibility index (Phi) is 3.75. The van der Waals surface area contributed by atoms with E-state index in [1.54, 1.807) is 7.11 Å². The van der Waals surface area contributed by atoms with E-state index in [2.05, 4.69) is 21.6 Å². The molecule has 108 valence electrons. The zero-order valence-corrected chi connectivity index (χ0v) is 11.8. The largest absolute Gasteiger partial charge is 0.539 e. The fraction of sp³-hybridized carbons (Fsp3) is 0.0588. The summed E-state index contributed by atoms with van der Waals surface area (Å²) in [5.41, 5.74) is 2.30. The van der Waals surface area contributed by atoms with Gasteiger partial charge in [-0.3, -0.25) is 0 Å². The molecule has 0 N–H and O–H groups in total. The highest BCUT2D eigenvalue weighted by molar-refractivity contribution is 5.50. The number of hydrogen-bond donors (Lipinski definition) is 0. The Balaban J connectivity index is 1.94. The minimum Gasteiger partial charge on any atom is -0.539 e. The summed E-state index contributed by atoms with van der Waals surface area (Å²) in [4.78, 5) is 0. The molecule has 0 bridgehead atoms. The number of rotatable bonds is 2. The molecule has 0 aliphatic rings. The van der Waals surface area contributed by atoms with Crippen molar-refractivity contribution in [2.75, 3.05) is 7.11 Å². The van der Waals surface area contributed by atoms with Gasteiger partial charge in [0.15, 0.2) is 0 Å². The highest BCUT2D eigenvalue weighted by Gasteiger charge is 2.13. The van der Waals surface area contributed by atoms with E-state index >= 15 is 0 Å². The van der Waals surface area contributed by atoms with Gasteiger partial charge in [0.25, 0.3) is 5.69 Å². The molecule has 3 rings (SSSR count). The average Bonchev–Trinajstić information content (AvgIpc) is 3.00. The van der Waals surface area contributed by atoms with Crippen LogP contribution in [0.15, 0.2) is 59.3 Å². The molecule has 5 heteroatoms. The van der Waals surface area contributed by atoms with Crippen LogP contribution in [0.2, 0.25) is 0 Å². The molecule has 0 amide bonds. The molecule has 0 saturated carbocycles. The SMILES string of the molecule is COc1ccc(C#Cc2ccccc2-[n+]2cc([O-])on2)cc1. The van der Waals surface area contributed by atoms with Crippen molar-refractivity contribution in [1.82, 2.24) is 5.27 Å². The molecule has 0 fully saturated rings. The third-order valence-electron chi connectivity index (χ3n) is 3.03. The third-order valence-corrected chi connectivity index (χ3v) is 3.03. The Labute approximate surface area is 127 Å². The van der Waals surface area contributed by atoms with Crippen LogP contribution in [0.4, 0.5) is 0 Å². The van der Waals surface area contributed by atoms with E-state index in [9.17, 15) is 5.11 Å². The van der Waals surface area contributed by atoms with Gasteiger partial charge in [0.1, 0.15) is 11.7 Å². The first-order valence-corrected chi connectivity index (χ1v) is 6.57. The van der Waals surface area contributed by atoms with E-state index in [1.807, 2.05) is 48.5 Å². The first-order chi connectivity index (χ1) is 10.8. The van der Waals surface area contributed by atoms with Crippen LogP contribution in [0.1, 0.15) is 11.1 Å². The van der Waals surface area contributed by atoms with Crippen LogP contribution < -0.4 is 14.5 Å². The Morgan fingerprint density at radius 3 is 2.55 bits per heavy atom. The zero-order chi connectivity index (χ0) is 15.4. The maximum absolute atomic E-state index is 11.1. The maximum atomic E-state index is 11.1. The lowest BCUT2D eigenvalue weighted by molar-refractivity contribution is -0.670. The van der Waals surface area contributed by atoms with Gasteiger partial charge in [-0.05, 0) is 35.0 Å². The fourth-order valence-corrected chi connectivity index (χ4v) is 1.94. The van der Waals surface area contributed by atoms with Gasteiger partial charge < -0.3 is 14.4 Å². The standard InChI is InChI=1S/C17H12N2O3/c1-21-15-10-7-13(8-11-15)6-9-14-4-2-3-5-16(14)19-12-17(20)22-18-19/h2-5,7-8,10-12H,1H3. The van der Waals surface area contributed by atoms with E-state index in [0.717, 1.165) is 16.9 Å². The number of ether oxygens (including phenoxy) is 1. The van der Waals surface area contributed by atoms with E-state index in [0.29, 0.717) is 5.69 Å². The predicted molar refractivity (Wildman–Crippen MR) is 76.5 cm³/mol. The minimum absolute atomic E-state index is 0.502. The molecule has 0 unspecified atom stereocenters. The van der Waals surface area contributed by atoms with Crippen LogP contribution in [-0.2, 0) is 0 Å². The lowest BCUT2D eigenvalue weighted by Crippen LogP contribution is -2.32. The second-order valence-corrected chi connectivity index (χ2v) is 4.46. The third kappa shape index (κ3) is 2.91. The fourth-order valence-electron chi connectivity index (χ4n) is 1.94. The molecule has 22 heavy (non-hydrogen) atoms. The normalized spacial score (nSPS) is 9.86. The summed E-state index contributed by atoms with van der Waals surface area (Å²) in [6.07, 6.45) is 1.27. The highest BCUT2D eigenvalue weighted by Crippen LogP contribution is 2.11. The Bertz CT molecular complexity index is 842. The number of benzene rings is 2. The Morgan fingerprint density at radius 2 is 1.86 bits per heavy atom. The molecule has 3 aromatic rings. The van der Waals surface area contributed by atoms with Crippen molar-refractivity contribution in [3.05, 3.63) is 65.9 Å². The molecule has 2 aromatic carbocycles. The number of para-hydroxylation sites is 1. The molecule has 0 spiro atoms. The smallest absolute Gasteiger partial charge is 0.254 e. The summed E-state index contributed by atoms with van der Waals surface area (Å²) in [7, 11) is 1.62. The van der Waals surface area contributed by atoms with Gasteiger partial charge in [0.05, 0.1) is 17.9 Å². The van der Waals surface area contributed by atoms with Gasteiger partial charge in [-0.25, -0.2) is 0 Å². The molecule has 0 saturated heterocycles. The lowest BCUT2D eigenvalue weighted by atomic mass is 10.1. The van der Waals surface area contributed by atoms with Crippen molar-refractivity contribution in [3.63, 3.8) is 0 Å². The summed E-state index contributed by atoms with van der Waals surface area (Å²) in [5, 5.41) is 14.8. The van der Waals surface area contributed by atoms with E-state index in [1.165, 1.54) is 10.9 Å². The van der Waals surface area contributed by atoms with Crippen LogP contribution in [-0.4, -0.2) is 12.4 Å². The van der Waals surface area contributed by atoms with E-state index in [-0.39, 0.29) is 0 Å². The first-order valence-electron chi connectivity index (χ1n) is 6.57. The molecule has 0 atom stereocenters. The molecule has 1 aromatic heterocycles. The second kappa shape index (κ2) is 6.02. The summed E-state index contributed by atoms with van der Waals surface area (Å²) in [5.74, 6) is 6.44. The number of methoxy groups -OCH3 is 1. The van der Waals surface area contributed by atoms with E-state index < -0.39 is 5.95 Å². The van der Waals surface area contributed by atoms with Crippen molar-refractivity contribution in [2.45, 2.75) is 0 Å². The number of hydrogen-bond acceptors (Lipinski definition) is 4. The van der Waals surface area contributed by atoms with E-state index in [4.69, 9.17) is 4.74 Å². The number of aromatic nitrogens is 2. The Morgan fingerprint density at radius 1 is 1.09 bits per heavy atom.